The molecule has 6 nitrogen and oxygen atoms in total. The maximum atomic E-state index is 10.8. The molecule has 1 heterocycles. The van der Waals surface area contributed by atoms with Crippen LogP contribution >= 0.6 is 11.6 Å². The van der Waals surface area contributed by atoms with E-state index in [9.17, 15) is 10.1 Å². The first-order valence-electron chi connectivity index (χ1n) is 5.66. The fourth-order valence-corrected chi connectivity index (χ4v) is 1.95. The van der Waals surface area contributed by atoms with E-state index in [0.29, 0.717) is 11.6 Å². The molecule has 19 heavy (non-hydrogen) atoms. The summed E-state index contributed by atoms with van der Waals surface area (Å²) in [6.07, 6.45) is 1.56. The van der Waals surface area contributed by atoms with Gasteiger partial charge in [-0.3, -0.25) is 14.8 Å². The van der Waals surface area contributed by atoms with Crippen LogP contribution in [-0.2, 0) is 6.54 Å². The second-order valence-electron chi connectivity index (χ2n) is 4.08. The quantitative estimate of drug-likeness (QED) is 0.690. The molecule has 1 N–H and O–H groups in total. The fourth-order valence-electron chi connectivity index (χ4n) is 1.81. The molecule has 2 aromatic rings. The summed E-state index contributed by atoms with van der Waals surface area (Å²) in [7, 11) is 1.77. The summed E-state index contributed by atoms with van der Waals surface area (Å²) in [5.74, 6) is 0. The predicted octanol–water partition coefficient (Wildman–Crippen LogP) is 2.84. The minimum atomic E-state index is -0.411. The highest BCUT2D eigenvalue weighted by atomic mass is 35.5. The highest BCUT2D eigenvalue weighted by Gasteiger charge is 2.12. The van der Waals surface area contributed by atoms with Crippen LogP contribution in [0.1, 0.15) is 11.3 Å². The molecule has 0 bridgehead atoms. The average molecular weight is 281 g/mol. The lowest BCUT2D eigenvalue weighted by Gasteiger charge is -2.10. The van der Waals surface area contributed by atoms with Gasteiger partial charge in [0.1, 0.15) is 0 Å². The highest BCUT2D eigenvalue weighted by molar-refractivity contribution is 6.31. The van der Waals surface area contributed by atoms with Crippen molar-refractivity contribution < 1.29 is 4.92 Å². The lowest BCUT2D eigenvalue weighted by Crippen LogP contribution is -2.07. The molecule has 0 aliphatic rings. The number of nitrogens with one attached hydrogen (secondary N) is 1. The van der Waals surface area contributed by atoms with Crippen molar-refractivity contribution in [2.45, 2.75) is 13.5 Å². The molecule has 0 spiro atoms. The van der Waals surface area contributed by atoms with Crippen molar-refractivity contribution in [3.63, 3.8) is 0 Å². The number of anilines is 1. The number of aromatic nitrogens is 2. The SMILES string of the molecule is CNc1ccc([N+](=O)[O-])cc1Cn1ncc(Cl)c1C. The third-order valence-electron chi connectivity index (χ3n) is 2.93. The van der Waals surface area contributed by atoms with Crippen molar-refractivity contribution in [2.75, 3.05) is 12.4 Å². The van der Waals surface area contributed by atoms with Crippen LogP contribution in [0.4, 0.5) is 11.4 Å². The number of non-ortho nitro benzene ring substituents is 1. The van der Waals surface area contributed by atoms with Gasteiger partial charge in [0.15, 0.2) is 0 Å². The Morgan fingerprint density at radius 2 is 2.26 bits per heavy atom. The van der Waals surface area contributed by atoms with Crippen LogP contribution in [0.3, 0.4) is 0 Å². The Morgan fingerprint density at radius 1 is 1.53 bits per heavy atom. The summed E-state index contributed by atoms with van der Waals surface area (Å²) < 4.78 is 1.71. The normalized spacial score (nSPS) is 10.5. The first kappa shape index (κ1) is 13.4. The van der Waals surface area contributed by atoms with Gasteiger partial charge in [0, 0.05) is 30.4 Å². The minimum Gasteiger partial charge on any atom is -0.388 e. The van der Waals surface area contributed by atoms with Crippen LogP contribution in [-0.4, -0.2) is 21.8 Å². The van der Waals surface area contributed by atoms with Crippen LogP contribution in [0, 0.1) is 17.0 Å². The molecule has 0 atom stereocenters. The van der Waals surface area contributed by atoms with E-state index in [4.69, 9.17) is 11.6 Å². The first-order valence-corrected chi connectivity index (χ1v) is 6.03. The Balaban J connectivity index is 2.40. The molecule has 0 saturated heterocycles. The largest absolute Gasteiger partial charge is 0.388 e. The number of hydrogen-bond donors (Lipinski definition) is 1. The Labute approximate surface area is 115 Å². The lowest BCUT2D eigenvalue weighted by molar-refractivity contribution is -0.384. The molecule has 7 heteroatoms. The van der Waals surface area contributed by atoms with E-state index >= 15 is 0 Å². The van der Waals surface area contributed by atoms with E-state index in [1.807, 2.05) is 6.92 Å². The molecule has 100 valence electrons. The molecule has 0 aliphatic carbocycles. The van der Waals surface area contributed by atoms with Crippen molar-refractivity contribution >= 4 is 23.0 Å². The predicted molar refractivity (Wildman–Crippen MR) is 73.7 cm³/mol. The molecule has 0 fully saturated rings. The zero-order chi connectivity index (χ0) is 14.0. The molecule has 1 aromatic heterocycles. The summed E-state index contributed by atoms with van der Waals surface area (Å²) in [5, 5.41) is 18.6. The van der Waals surface area contributed by atoms with E-state index in [-0.39, 0.29) is 5.69 Å². The second-order valence-corrected chi connectivity index (χ2v) is 4.49. The monoisotopic (exact) mass is 280 g/mol. The summed E-state index contributed by atoms with van der Waals surface area (Å²) in [4.78, 5) is 10.4. The van der Waals surface area contributed by atoms with Gasteiger partial charge in [0.05, 0.1) is 28.4 Å². The van der Waals surface area contributed by atoms with Crippen molar-refractivity contribution in [3.05, 3.63) is 50.8 Å². The fraction of sp³-hybridized carbons (Fsp3) is 0.250. The van der Waals surface area contributed by atoms with E-state index in [2.05, 4.69) is 10.4 Å². The van der Waals surface area contributed by atoms with Gasteiger partial charge in [-0.1, -0.05) is 11.6 Å². The van der Waals surface area contributed by atoms with Crippen LogP contribution in [0.15, 0.2) is 24.4 Å². The number of hydrogen-bond acceptors (Lipinski definition) is 4. The zero-order valence-electron chi connectivity index (χ0n) is 10.6. The third kappa shape index (κ3) is 2.68. The topological polar surface area (TPSA) is 73.0 Å². The molecule has 1 aromatic carbocycles. The van der Waals surface area contributed by atoms with Crippen molar-refractivity contribution in [2.24, 2.45) is 0 Å². The number of nitrogens with zero attached hydrogens (tertiary/aromatic N) is 3. The van der Waals surface area contributed by atoms with Gasteiger partial charge in [-0.25, -0.2) is 0 Å². The Bertz CT molecular complexity index is 624. The number of rotatable bonds is 4. The van der Waals surface area contributed by atoms with E-state index in [1.54, 1.807) is 30.1 Å². The van der Waals surface area contributed by atoms with Crippen LogP contribution in [0.5, 0.6) is 0 Å². The molecule has 0 saturated carbocycles. The number of benzene rings is 1. The Morgan fingerprint density at radius 3 is 2.79 bits per heavy atom. The van der Waals surface area contributed by atoms with Crippen LogP contribution in [0.25, 0.3) is 0 Å². The second kappa shape index (κ2) is 5.27. The summed E-state index contributed by atoms with van der Waals surface area (Å²) in [5.41, 5.74) is 2.51. The molecule has 0 amide bonds. The highest BCUT2D eigenvalue weighted by Crippen LogP contribution is 2.24. The van der Waals surface area contributed by atoms with Gasteiger partial charge in [0.25, 0.3) is 5.69 Å². The van der Waals surface area contributed by atoms with Gasteiger partial charge >= 0.3 is 0 Å². The maximum absolute atomic E-state index is 10.8. The van der Waals surface area contributed by atoms with Crippen molar-refractivity contribution in [1.29, 1.82) is 0 Å². The first-order chi connectivity index (χ1) is 9.02. The maximum Gasteiger partial charge on any atom is 0.269 e. The molecule has 2 rings (SSSR count). The number of nitro benzene ring substituents is 1. The Kier molecular flexibility index (Phi) is 3.71. The third-order valence-corrected chi connectivity index (χ3v) is 3.30. The van der Waals surface area contributed by atoms with Gasteiger partial charge in [0.2, 0.25) is 0 Å². The summed E-state index contributed by atoms with van der Waals surface area (Å²) >= 11 is 5.94. The van der Waals surface area contributed by atoms with Gasteiger partial charge in [-0.15, -0.1) is 0 Å². The zero-order valence-corrected chi connectivity index (χ0v) is 11.3. The van der Waals surface area contributed by atoms with Gasteiger partial charge in [-0.05, 0) is 13.0 Å². The number of nitro groups is 1. The summed E-state index contributed by atoms with van der Waals surface area (Å²) in [6, 6.07) is 4.70. The molecule has 0 unspecified atom stereocenters. The lowest BCUT2D eigenvalue weighted by atomic mass is 10.1. The van der Waals surface area contributed by atoms with Gasteiger partial charge < -0.3 is 5.32 Å². The van der Waals surface area contributed by atoms with Crippen molar-refractivity contribution in [1.82, 2.24) is 9.78 Å². The smallest absolute Gasteiger partial charge is 0.269 e. The molecular formula is C12H13ClN4O2. The van der Waals surface area contributed by atoms with Crippen LogP contribution < -0.4 is 5.32 Å². The van der Waals surface area contributed by atoms with E-state index < -0.39 is 4.92 Å². The molecular weight excluding hydrogens is 268 g/mol. The summed E-state index contributed by atoms with van der Waals surface area (Å²) in [6.45, 7) is 2.28. The standard InChI is InChI=1S/C12H13ClN4O2/c1-8-11(13)6-15-16(8)7-9-5-10(17(18)19)3-4-12(9)14-2/h3-6,14H,7H2,1-2H3. The van der Waals surface area contributed by atoms with Gasteiger partial charge in [-0.2, -0.15) is 5.10 Å². The van der Waals surface area contributed by atoms with E-state index in [1.165, 1.54) is 6.07 Å². The minimum absolute atomic E-state index is 0.0601. The molecule has 0 aliphatic heterocycles. The van der Waals surface area contributed by atoms with Crippen molar-refractivity contribution in [3.8, 4) is 0 Å². The average Bonchev–Trinajstić information content (AvgIpc) is 2.70. The number of halogens is 1. The van der Waals surface area contributed by atoms with Crippen LogP contribution in [0.2, 0.25) is 5.02 Å². The Hall–Kier alpha value is -2.08. The molecule has 0 radical (unpaired) electrons. The van der Waals surface area contributed by atoms with E-state index in [0.717, 1.165) is 16.9 Å².